The fraction of sp³-hybridized carbons (Fsp3) is 0.308. The Labute approximate surface area is 105 Å². The van der Waals surface area contributed by atoms with Crippen LogP contribution in [0, 0.1) is 11.3 Å². The van der Waals surface area contributed by atoms with Gasteiger partial charge in [-0.2, -0.15) is 5.26 Å². The number of nitriles is 1. The number of carbonyl (C=O) groups excluding carboxylic acids is 2. The maximum absolute atomic E-state index is 11.7. The van der Waals surface area contributed by atoms with Crippen molar-refractivity contribution in [3.05, 3.63) is 23.8 Å². The molecule has 0 fully saturated rings. The first-order valence-corrected chi connectivity index (χ1v) is 5.64. The lowest BCUT2D eigenvalue weighted by molar-refractivity contribution is -0.121. The Morgan fingerprint density at radius 3 is 3.00 bits per heavy atom. The highest BCUT2D eigenvalue weighted by Gasteiger charge is 2.26. The summed E-state index contributed by atoms with van der Waals surface area (Å²) in [4.78, 5) is 24.6. The van der Waals surface area contributed by atoms with Crippen LogP contribution in [-0.2, 0) is 4.79 Å². The monoisotopic (exact) mass is 244 g/mol. The van der Waals surface area contributed by atoms with E-state index in [0.29, 0.717) is 23.4 Å². The van der Waals surface area contributed by atoms with Crippen LogP contribution in [0.1, 0.15) is 23.7 Å². The number of ether oxygens (including phenoxy) is 1. The molecule has 0 bridgehead atoms. The molecule has 1 amide bonds. The maximum atomic E-state index is 11.7. The number of hydrogen-bond donors (Lipinski definition) is 0. The summed E-state index contributed by atoms with van der Waals surface area (Å²) < 4.78 is 5.27. The summed E-state index contributed by atoms with van der Waals surface area (Å²) in [6, 6.07) is 6.88. The van der Waals surface area contributed by atoms with Crippen molar-refractivity contribution in [1.82, 2.24) is 0 Å². The molecular formula is C13H12N2O3. The molecule has 18 heavy (non-hydrogen) atoms. The van der Waals surface area contributed by atoms with Crippen LogP contribution in [-0.4, -0.2) is 24.8 Å². The molecule has 0 atom stereocenters. The summed E-state index contributed by atoms with van der Waals surface area (Å²) >= 11 is 0. The third kappa shape index (κ3) is 2.05. The molecule has 1 aromatic carbocycles. The quantitative estimate of drug-likeness (QED) is 0.597. The van der Waals surface area contributed by atoms with E-state index < -0.39 is 0 Å². The predicted molar refractivity (Wildman–Crippen MR) is 64.5 cm³/mol. The van der Waals surface area contributed by atoms with Gasteiger partial charge in [0.1, 0.15) is 12.3 Å². The second kappa shape index (κ2) is 4.88. The molecule has 1 aliphatic rings. The topological polar surface area (TPSA) is 70.4 Å². The lowest BCUT2D eigenvalue weighted by Crippen LogP contribution is -2.39. The van der Waals surface area contributed by atoms with E-state index in [0.717, 1.165) is 0 Å². The number of carbonyl (C=O) groups is 2. The molecule has 1 aliphatic heterocycles. The van der Waals surface area contributed by atoms with Crippen molar-refractivity contribution < 1.29 is 14.3 Å². The van der Waals surface area contributed by atoms with Gasteiger partial charge in [0.15, 0.2) is 12.4 Å². The molecule has 5 heteroatoms. The van der Waals surface area contributed by atoms with Gasteiger partial charge < -0.3 is 4.74 Å². The number of anilines is 1. The third-order valence-corrected chi connectivity index (χ3v) is 2.77. The number of fused-ring (bicyclic) bond motifs is 1. The van der Waals surface area contributed by atoms with E-state index in [2.05, 4.69) is 0 Å². The van der Waals surface area contributed by atoms with Gasteiger partial charge in [0.25, 0.3) is 5.91 Å². The maximum Gasteiger partial charge on any atom is 0.265 e. The summed E-state index contributed by atoms with van der Waals surface area (Å²) in [5.41, 5.74) is 1.02. The molecule has 5 nitrogen and oxygen atoms in total. The predicted octanol–water partition coefficient (Wildman–Crippen LogP) is 1.53. The van der Waals surface area contributed by atoms with Crippen LogP contribution in [0.25, 0.3) is 0 Å². The molecule has 0 aliphatic carbocycles. The second-order valence-corrected chi connectivity index (χ2v) is 3.89. The van der Waals surface area contributed by atoms with E-state index >= 15 is 0 Å². The van der Waals surface area contributed by atoms with Gasteiger partial charge in [0.2, 0.25) is 0 Å². The van der Waals surface area contributed by atoms with Gasteiger partial charge in [0.05, 0.1) is 11.8 Å². The molecular weight excluding hydrogens is 232 g/mol. The average molecular weight is 244 g/mol. The van der Waals surface area contributed by atoms with Crippen molar-refractivity contribution in [3.63, 3.8) is 0 Å². The summed E-state index contributed by atoms with van der Waals surface area (Å²) in [5.74, 6) is 0.246. The van der Waals surface area contributed by atoms with E-state index in [-0.39, 0.29) is 24.8 Å². The summed E-state index contributed by atoms with van der Waals surface area (Å²) in [6.45, 7) is 1.66. The van der Waals surface area contributed by atoms with Crippen LogP contribution in [0.2, 0.25) is 0 Å². The van der Waals surface area contributed by atoms with Crippen LogP contribution in [0.3, 0.4) is 0 Å². The first-order chi connectivity index (χ1) is 8.67. The number of amides is 1. The molecule has 0 radical (unpaired) electrons. The summed E-state index contributed by atoms with van der Waals surface area (Å²) in [5, 5.41) is 8.73. The highest BCUT2D eigenvalue weighted by molar-refractivity contribution is 6.02. The van der Waals surface area contributed by atoms with Crippen molar-refractivity contribution >= 4 is 17.4 Å². The molecule has 0 spiro atoms. The molecule has 92 valence electrons. The van der Waals surface area contributed by atoms with Crippen molar-refractivity contribution in [2.45, 2.75) is 13.3 Å². The normalized spacial score (nSPS) is 13.6. The largest absolute Gasteiger partial charge is 0.482 e. The standard InChI is InChI=1S/C13H12N2O3/c1-2-11(16)9-3-4-12-10(7-9)15(6-5-14)13(17)8-18-12/h3-4,7H,2,6,8H2,1H3. The number of benzene rings is 1. The lowest BCUT2D eigenvalue weighted by atomic mass is 10.1. The zero-order valence-electron chi connectivity index (χ0n) is 9.97. The molecule has 0 N–H and O–H groups in total. The van der Waals surface area contributed by atoms with Crippen molar-refractivity contribution in [1.29, 1.82) is 5.26 Å². The Morgan fingerprint density at radius 1 is 1.56 bits per heavy atom. The molecule has 0 aromatic heterocycles. The second-order valence-electron chi connectivity index (χ2n) is 3.89. The SMILES string of the molecule is CCC(=O)c1ccc2c(c1)N(CC#N)C(=O)CO2. The minimum atomic E-state index is -0.273. The third-order valence-electron chi connectivity index (χ3n) is 2.77. The van der Waals surface area contributed by atoms with E-state index in [1.165, 1.54) is 4.90 Å². The van der Waals surface area contributed by atoms with Crippen LogP contribution in [0.5, 0.6) is 5.75 Å². The molecule has 1 aromatic rings. The molecule has 2 rings (SSSR count). The van der Waals surface area contributed by atoms with E-state index in [4.69, 9.17) is 10.00 Å². The number of ketones is 1. The number of rotatable bonds is 3. The lowest BCUT2D eigenvalue weighted by Gasteiger charge is -2.27. The van der Waals surface area contributed by atoms with Gasteiger partial charge >= 0.3 is 0 Å². The first-order valence-electron chi connectivity index (χ1n) is 5.64. The van der Waals surface area contributed by atoms with Gasteiger partial charge in [-0.25, -0.2) is 0 Å². The van der Waals surface area contributed by atoms with Gasteiger partial charge in [0, 0.05) is 12.0 Å². The molecule has 0 unspecified atom stereocenters. The Hall–Kier alpha value is -2.35. The highest BCUT2D eigenvalue weighted by Crippen LogP contribution is 2.33. The van der Waals surface area contributed by atoms with Gasteiger partial charge in [-0.15, -0.1) is 0 Å². The average Bonchev–Trinajstić information content (AvgIpc) is 2.40. The molecule has 1 heterocycles. The van der Waals surface area contributed by atoms with E-state index in [9.17, 15) is 9.59 Å². The highest BCUT2D eigenvalue weighted by atomic mass is 16.5. The Bertz CT molecular complexity index is 546. The summed E-state index contributed by atoms with van der Waals surface area (Å²) in [6.07, 6.45) is 0.395. The zero-order chi connectivity index (χ0) is 13.1. The summed E-state index contributed by atoms with van der Waals surface area (Å²) in [7, 11) is 0. The number of hydrogen-bond acceptors (Lipinski definition) is 4. The fourth-order valence-corrected chi connectivity index (χ4v) is 1.82. The van der Waals surface area contributed by atoms with Crippen LogP contribution in [0.15, 0.2) is 18.2 Å². The van der Waals surface area contributed by atoms with Crippen LogP contribution in [0.4, 0.5) is 5.69 Å². The number of nitrogens with zero attached hydrogens (tertiary/aromatic N) is 2. The van der Waals surface area contributed by atoms with Crippen molar-refractivity contribution in [3.8, 4) is 11.8 Å². The van der Waals surface area contributed by atoms with Crippen LogP contribution < -0.4 is 9.64 Å². The molecule has 0 saturated carbocycles. The van der Waals surface area contributed by atoms with Crippen molar-refractivity contribution in [2.24, 2.45) is 0 Å². The Kier molecular flexibility index (Phi) is 3.28. The van der Waals surface area contributed by atoms with E-state index in [1.807, 2.05) is 6.07 Å². The number of Topliss-reactive ketones (excluding diaryl/α,β-unsaturated/α-hetero) is 1. The van der Waals surface area contributed by atoms with Gasteiger partial charge in [-0.05, 0) is 18.2 Å². The smallest absolute Gasteiger partial charge is 0.265 e. The fourth-order valence-electron chi connectivity index (χ4n) is 1.82. The minimum Gasteiger partial charge on any atom is -0.482 e. The van der Waals surface area contributed by atoms with E-state index in [1.54, 1.807) is 25.1 Å². The zero-order valence-corrected chi connectivity index (χ0v) is 9.97. The van der Waals surface area contributed by atoms with Gasteiger partial charge in [-0.3, -0.25) is 14.5 Å². The first kappa shape index (κ1) is 12.1. The molecule has 0 saturated heterocycles. The van der Waals surface area contributed by atoms with Gasteiger partial charge in [-0.1, -0.05) is 6.92 Å². The van der Waals surface area contributed by atoms with Crippen molar-refractivity contribution in [2.75, 3.05) is 18.1 Å². The van der Waals surface area contributed by atoms with Crippen LogP contribution >= 0.6 is 0 Å². The Morgan fingerprint density at radius 2 is 2.33 bits per heavy atom. The minimum absolute atomic E-state index is 0.00673. The Balaban J connectivity index is 2.45.